The number of ether oxygens (including phenoxy) is 2. The molecule has 0 unspecified atom stereocenters. The van der Waals surface area contributed by atoms with E-state index < -0.39 is 5.97 Å². The van der Waals surface area contributed by atoms with Gasteiger partial charge in [0.2, 0.25) is 0 Å². The Hall–Kier alpha value is -2.88. The molecule has 0 N–H and O–H groups in total. The summed E-state index contributed by atoms with van der Waals surface area (Å²) in [6.07, 6.45) is 2.72. The van der Waals surface area contributed by atoms with Crippen LogP contribution in [-0.4, -0.2) is 11.9 Å². The molecular formula is C19H18O4. The normalized spacial score (nSPS) is 10.4. The first-order valence-corrected chi connectivity index (χ1v) is 7.31. The Morgan fingerprint density at radius 1 is 0.783 bits per heavy atom. The summed E-state index contributed by atoms with van der Waals surface area (Å²) in [6.45, 7) is 0.439. The van der Waals surface area contributed by atoms with Crippen LogP contribution in [0.15, 0.2) is 72.8 Å². The quantitative estimate of drug-likeness (QED) is 0.581. The van der Waals surface area contributed by atoms with Crippen molar-refractivity contribution in [1.29, 1.82) is 0 Å². The second kappa shape index (κ2) is 9.20. The molecule has 0 saturated heterocycles. The fraction of sp³-hybridized carbons (Fsp3) is 0.158. The maximum Gasteiger partial charge on any atom is 0.330 e. The van der Waals surface area contributed by atoms with Crippen molar-refractivity contribution in [2.45, 2.75) is 19.6 Å². The fourth-order valence-corrected chi connectivity index (χ4v) is 1.83. The lowest BCUT2D eigenvalue weighted by Crippen LogP contribution is -2.04. The standard InChI is InChI=1S/C19H18O4/c20-18(22-14-16-8-3-1-4-9-16)12-7-13-19(21)23-15-17-10-5-2-6-11-17/h1-12H,13-15H2. The molecule has 0 saturated carbocycles. The zero-order valence-electron chi connectivity index (χ0n) is 12.7. The van der Waals surface area contributed by atoms with Gasteiger partial charge in [-0.05, 0) is 11.1 Å². The Bertz CT molecular complexity index is 648. The van der Waals surface area contributed by atoms with Crippen molar-refractivity contribution < 1.29 is 19.1 Å². The smallest absolute Gasteiger partial charge is 0.330 e. The molecule has 0 aromatic heterocycles. The van der Waals surface area contributed by atoms with Gasteiger partial charge in [-0.15, -0.1) is 0 Å². The van der Waals surface area contributed by atoms with Gasteiger partial charge in [-0.2, -0.15) is 0 Å². The van der Waals surface area contributed by atoms with Crippen LogP contribution in [-0.2, 0) is 32.3 Å². The highest BCUT2D eigenvalue weighted by Gasteiger charge is 2.02. The first kappa shape index (κ1) is 16.5. The molecule has 2 aromatic carbocycles. The molecule has 0 atom stereocenters. The van der Waals surface area contributed by atoms with Gasteiger partial charge in [0.15, 0.2) is 0 Å². The van der Waals surface area contributed by atoms with Gasteiger partial charge in [-0.25, -0.2) is 4.79 Å². The van der Waals surface area contributed by atoms with Gasteiger partial charge in [0.25, 0.3) is 0 Å². The number of esters is 2. The molecule has 0 heterocycles. The zero-order valence-corrected chi connectivity index (χ0v) is 12.7. The van der Waals surface area contributed by atoms with E-state index in [1.54, 1.807) is 0 Å². The molecule has 2 aromatic rings. The minimum Gasteiger partial charge on any atom is -0.461 e. The molecule has 0 bridgehead atoms. The van der Waals surface area contributed by atoms with Gasteiger partial charge in [0.1, 0.15) is 13.2 Å². The van der Waals surface area contributed by atoms with Crippen LogP contribution in [0.4, 0.5) is 0 Å². The predicted octanol–water partition coefficient (Wildman–Crippen LogP) is 3.42. The predicted molar refractivity (Wildman–Crippen MR) is 86.2 cm³/mol. The van der Waals surface area contributed by atoms with Crippen molar-refractivity contribution in [2.75, 3.05) is 0 Å². The van der Waals surface area contributed by atoms with E-state index in [0.29, 0.717) is 0 Å². The molecule has 0 amide bonds. The van der Waals surface area contributed by atoms with Crippen LogP contribution in [0.1, 0.15) is 17.5 Å². The molecule has 0 aliphatic heterocycles. The average Bonchev–Trinajstić information content (AvgIpc) is 2.60. The molecule has 0 fully saturated rings. The average molecular weight is 310 g/mol. The minimum atomic E-state index is -0.482. The van der Waals surface area contributed by atoms with Crippen molar-refractivity contribution in [3.63, 3.8) is 0 Å². The van der Waals surface area contributed by atoms with E-state index in [9.17, 15) is 9.59 Å². The molecule has 0 spiro atoms. The summed E-state index contributed by atoms with van der Waals surface area (Å²) in [6, 6.07) is 18.8. The SMILES string of the molecule is O=C(C=CCC(=O)OCc1ccccc1)OCc1ccccc1. The van der Waals surface area contributed by atoms with Crippen molar-refractivity contribution >= 4 is 11.9 Å². The minimum absolute atomic E-state index is 0.0350. The topological polar surface area (TPSA) is 52.6 Å². The second-order valence-corrected chi connectivity index (χ2v) is 4.85. The lowest BCUT2D eigenvalue weighted by atomic mass is 10.2. The van der Waals surface area contributed by atoms with Gasteiger partial charge < -0.3 is 9.47 Å². The highest BCUT2D eigenvalue weighted by atomic mass is 16.5. The first-order valence-electron chi connectivity index (χ1n) is 7.31. The van der Waals surface area contributed by atoms with Crippen LogP contribution in [0.2, 0.25) is 0 Å². The van der Waals surface area contributed by atoms with E-state index in [4.69, 9.17) is 9.47 Å². The first-order chi connectivity index (χ1) is 11.2. The molecule has 118 valence electrons. The van der Waals surface area contributed by atoms with E-state index in [-0.39, 0.29) is 25.6 Å². The molecule has 4 nitrogen and oxygen atoms in total. The number of hydrogen-bond acceptors (Lipinski definition) is 4. The number of carbonyl (C=O) groups excluding carboxylic acids is 2. The molecule has 2 rings (SSSR count). The van der Waals surface area contributed by atoms with Gasteiger partial charge in [-0.1, -0.05) is 66.7 Å². The largest absolute Gasteiger partial charge is 0.461 e. The molecular weight excluding hydrogens is 292 g/mol. The van der Waals surface area contributed by atoms with Gasteiger partial charge >= 0.3 is 11.9 Å². The molecule has 0 aliphatic carbocycles. The van der Waals surface area contributed by atoms with Crippen LogP contribution >= 0.6 is 0 Å². The number of benzene rings is 2. The maximum atomic E-state index is 11.6. The summed E-state index contributed by atoms with van der Waals surface area (Å²) >= 11 is 0. The molecule has 23 heavy (non-hydrogen) atoms. The van der Waals surface area contributed by atoms with Gasteiger partial charge in [0, 0.05) is 6.08 Å². The fourth-order valence-electron chi connectivity index (χ4n) is 1.83. The second-order valence-electron chi connectivity index (χ2n) is 4.85. The third-order valence-corrected chi connectivity index (χ3v) is 3.01. The Balaban J connectivity index is 1.65. The van der Waals surface area contributed by atoms with Crippen molar-refractivity contribution in [1.82, 2.24) is 0 Å². The highest BCUT2D eigenvalue weighted by Crippen LogP contribution is 2.03. The number of carbonyl (C=O) groups is 2. The lowest BCUT2D eigenvalue weighted by Gasteiger charge is -2.03. The molecule has 0 radical (unpaired) electrons. The summed E-state index contributed by atoms with van der Waals surface area (Å²) in [5.41, 5.74) is 1.84. The Labute approximate surface area is 135 Å². The van der Waals surface area contributed by atoms with Crippen LogP contribution in [0.3, 0.4) is 0 Å². The van der Waals surface area contributed by atoms with Crippen molar-refractivity contribution in [3.8, 4) is 0 Å². The third-order valence-electron chi connectivity index (χ3n) is 3.01. The Morgan fingerprint density at radius 3 is 1.87 bits per heavy atom. The zero-order chi connectivity index (χ0) is 16.3. The summed E-state index contributed by atoms with van der Waals surface area (Å²) in [7, 11) is 0. The van der Waals surface area contributed by atoms with E-state index in [0.717, 1.165) is 11.1 Å². The van der Waals surface area contributed by atoms with E-state index in [1.807, 2.05) is 60.7 Å². The molecule has 4 heteroatoms. The molecule has 0 aliphatic rings. The number of hydrogen-bond donors (Lipinski definition) is 0. The Kier molecular flexibility index (Phi) is 6.60. The Morgan fingerprint density at radius 2 is 1.30 bits per heavy atom. The summed E-state index contributed by atoms with van der Waals surface area (Å²) in [4.78, 5) is 23.1. The van der Waals surface area contributed by atoms with Crippen LogP contribution in [0, 0.1) is 0 Å². The third kappa shape index (κ3) is 6.61. The van der Waals surface area contributed by atoms with Crippen LogP contribution in [0.25, 0.3) is 0 Å². The van der Waals surface area contributed by atoms with Gasteiger partial charge in [-0.3, -0.25) is 4.79 Å². The number of rotatable bonds is 7. The highest BCUT2D eigenvalue weighted by molar-refractivity contribution is 5.83. The van der Waals surface area contributed by atoms with Gasteiger partial charge in [0.05, 0.1) is 6.42 Å². The van der Waals surface area contributed by atoms with Crippen molar-refractivity contribution in [2.24, 2.45) is 0 Å². The summed E-state index contributed by atoms with van der Waals surface area (Å²) in [5.74, 6) is -0.870. The van der Waals surface area contributed by atoms with E-state index >= 15 is 0 Å². The lowest BCUT2D eigenvalue weighted by molar-refractivity contribution is -0.143. The maximum absolute atomic E-state index is 11.6. The monoisotopic (exact) mass is 310 g/mol. The van der Waals surface area contributed by atoms with E-state index in [1.165, 1.54) is 12.2 Å². The van der Waals surface area contributed by atoms with E-state index in [2.05, 4.69) is 0 Å². The summed E-state index contributed by atoms with van der Waals surface area (Å²) in [5, 5.41) is 0. The van der Waals surface area contributed by atoms with Crippen LogP contribution in [0.5, 0.6) is 0 Å². The summed E-state index contributed by atoms with van der Waals surface area (Å²) < 4.78 is 10.2. The van der Waals surface area contributed by atoms with Crippen LogP contribution < -0.4 is 0 Å². The van der Waals surface area contributed by atoms with Crippen molar-refractivity contribution in [3.05, 3.63) is 83.9 Å².